The molecule has 0 aromatic rings. The van der Waals surface area contributed by atoms with E-state index in [1.165, 1.54) is 32.2 Å². The van der Waals surface area contributed by atoms with Crippen LogP contribution in [0.15, 0.2) is 0 Å². The fraction of sp³-hybridized carbons (Fsp3) is 1.00. The van der Waals surface area contributed by atoms with Crippen LogP contribution in [0, 0.1) is 17.8 Å². The molecule has 1 heteroatoms. The molecule has 1 rings (SSSR count). The van der Waals surface area contributed by atoms with Gasteiger partial charge in [0.1, 0.15) is 0 Å². The quantitative estimate of drug-likeness (QED) is 0.712. The summed E-state index contributed by atoms with van der Waals surface area (Å²) in [4.78, 5) is 0. The van der Waals surface area contributed by atoms with E-state index < -0.39 is 0 Å². The van der Waals surface area contributed by atoms with Crippen molar-refractivity contribution in [1.82, 2.24) is 5.32 Å². The molecular formula is C13H27N. The largest absolute Gasteiger partial charge is 0.314 e. The molecule has 1 N–H and O–H groups in total. The van der Waals surface area contributed by atoms with Crippen LogP contribution in [-0.4, -0.2) is 12.6 Å². The summed E-state index contributed by atoms with van der Waals surface area (Å²) in [5.41, 5.74) is 0. The zero-order chi connectivity index (χ0) is 10.6. The topological polar surface area (TPSA) is 12.0 Å². The van der Waals surface area contributed by atoms with Crippen LogP contribution in [0.2, 0.25) is 0 Å². The highest BCUT2D eigenvalue weighted by atomic mass is 14.9. The Bertz CT molecular complexity index is 147. The Labute approximate surface area is 89.7 Å². The van der Waals surface area contributed by atoms with Gasteiger partial charge in [-0.2, -0.15) is 0 Å². The molecule has 2 atom stereocenters. The second-order valence-corrected chi connectivity index (χ2v) is 5.46. The Morgan fingerprint density at radius 1 is 1.07 bits per heavy atom. The molecule has 0 heterocycles. The minimum absolute atomic E-state index is 0.735. The molecule has 1 saturated carbocycles. The maximum Gasteiger partial charge on any atom is 0.00671 e. The maximum absolute atomic E-state index is 3.71. The molecule has 2 unspecified atom stereocenters. The molecule has 1 aliphatic rings. The summed E-state index contributed by atoms with van der Waals surface area (Å²) < 4.78 is 0. The molecule has 1 nitrogen and oxygen atoms in total. The van der Waals surface area contributed by atoms with Gasteiger partial charge in [-0.15, -0.1) is 0 Å². The number of nitrogens with one attached hydrogen (secondary N) is 1. The first kappa shape index (κ1) is 12.0. The molecule has 0 aromatic heterocycles. The molecule has 0 bridgehead atoms. The molecule has 0 aromatic carbocycles. The molecule has 1 fully saturated rings. The summed E-state index contributed by atoms with van der Waals surface area (Å²) in [5, 5.41) is 3.71. The van der Waals surface area contributed by atoms with E-state index in [4.69, 9.17) is 0 Å². The smallest absolute Gasteiger partial charge is 0.00671 e. The van der Waals surface area contributed by atoms with E-state index in [2.05, 4.69) is 33.0 Å². The summed E-state index contributed by atoms with van der Waals surface area (Å²) in [5.74, 6) is 2.56. The molecular weight excluding hydrogens is 170 g/mol. The Kier molecular flexibility index (Phi) is 4.94. The van der Waals surface area contributed by atoms with Crippen molar-refractivity contribution in [3.63, 3.8) is 0 Å². The molecule has 0 radical (unpaired) electrons. The van der Waals surface area contributed by atoms with Gasteiger partial charge in [0.05, 0.1) is 0 Å². The fourth-order valence-corrected chi connectivity index (χ4v) is 2.23. The van der Waals surface area contributed by atoms with Gasteiger partial charge in [0.25, 0.3) is 0 Å². The van der Waals surface area contributed by atoms with E-state index in [-0.39, 0.29) is 0 Å². The third-order valence-electron chi connectivity index (χ3n) is 4.01. The zero-order valence-corrected chi connectivity index (χ0v) is 10.3. The maximum atomic E-state index is 3.71. The van der Waals surface area contributed by atoms with Crippen LogP contribution in [0.5, 0.6) is 0 Å². The third kappa shape index (κ3) is 3.61. The first-order chi connectivity index (χ1) is 6.61. The Morgan fingerprint density at radius 3 is 2.14 bits per heavy atom. The van der Waals surface area contributed by atoms with E-state index in [1.54, 1.807) is 0 Å². The lowest BCUT2D eigenvalue weighted by atomic mass is 9.95. The van der Waals surface area contributed by atoms with Gasteiger partial charge < -0.3 is 5.32 Å². The summed E-state index contributed by atoms with van der Waals surface area (Å²) in [6.07, 6.45) is 5.81. The van der Waals surface area contributed by atoms with Crippen LogP contribution in [0.1, 0.15) is 53.4 Å². The summed E-state index contributed by atoms with van der Waals surface area (Å²) in [6, 6.07) is 0.735. The van der Waals surface area contributed by atoms with Gasteiger partial charge >= 0.3 is 0 Å². The van der Waals surface area contributed by atoms with Gasteiger partial charge in [0, 0.05) is 6.04 Å². The minimum atomic E-state index is 0.735. The molecule has 1 aliphatic carbocycles. The lowest BCUT2D eigenvalue weighted by Gasteiger charge is -2.24. The lowest BCUT2D eigenvalue weighted by molar-refractivity contribution is 0.324. The van der Waals surface area contributed by atoms with Crippen molar-refractivity contribution in [3.8, 4) is 0 Å². The van der Waals surface area contributed by atoms with Crippen LogP contribution in [-0.2, 0) is 0 Å². The Morgan fingerprint density at radius 2 is 1.64 bits per heavy atom. The van der Waals surface area contributed by atoms with E-state index in [0.717, 1.165) is 23.8 Å². The van der Waals surface area contributed by atoms with Crippen molar-refractivity contribution < 1.29 is 0 Å². The first-order valence-corrected chi connectivity index (χ1v) is 6.34. The Balaban J connectivity index is 2.16. The average molecular weight is 197 g/mol. The summed E-state index contributed by atoms with van der Waals surface area (Å²) >= 11 is 0. The van der Waals surface area contributed by atoms with Crippen LogP contribution in [0.3, 0.4) is 0 Å². The van der Waals surface area contributed by atoms with Crippen LogP contribution in [0.25, 0.3) is 0 Å². The van der Waals surface area contributed by atoms with Gasteiger partial charge in [-0.05, 0) is 44.1 Å². The van der Waals surface area contributed by atoms with E-state index in [0.29, 0.717) is 0 Å². The zero-order valence-electron chi connectivity index (χ0n) is 10.3. The highest BCUT2D eigenvalue weighted by Gasteiger charge is 2.21. The molecule has 0 aliphatic heterocycles. The van der Waals surface area contributed by atoms with Gasteiger partial charge in [-0.3, -0.25) is 0 Å². The van der Waals surface area contributed by atoms with Crippen molar-refractivity contribution in [1.29, 1.82) is 0 Å². The van der Waals surface area contributed by atoms with Gasteiger partial charge in [0.15, 0.2) is 0 Å². The molecule has 14 heavy (non-hydrogen) atoms. The van der Waals surface area contributed by atoms with Crippen LogP contribution < -0.4 is 5.32 Å². The Hall–Kier alpha value is -0.0400. The van der Waals surface area contributed by atoms with Crippen molar-refractivity contribution in [2.75, 3.05) is 6.54 Å². The second kappa shape index (κ2) is 5.75. The van der Waals surface area contributed by atoms with Gasteiger partial charge in [-0.25, -0.2) is 0 Å². The van der Waals surface area contributed by atoms with Crippen molar-refractivity contribution in [2.24, 2.45) is 17.8 Å². The van der Waals surface area contributed by atoms with Crippen molar-refractivity contribution in [3.05, 3.63) is 0 Å². The average Bonchev–Trinajstić information content (AvgIpc) is 2.66. The third-order valence-corrected chi connectivity index (χ3v) is 4.01. The van der Waals surface area contributed by atoms with Gasteiger partial charge in [0.2, 0.25) is 0 Å². The minimum Gasteiger partial charge on any atom is -0.314 e. The second-order valence-electron chi connectivity index (χ2n) is 5.46. The first-order valence-electron chi connectivity index (χ1n) is 6.34. The predicted molar refractivity (Wildman–Crippen MR) is 63.4 cm³/mol. The van der Waals surface area contributed by atoms with Crippen LogP contribution in [0.4, 0.5) is 0 Å². The normalized spacial score (nSPS) is 22.9. The lowest BCUT2D eigenvalue weighted by Crippen LogP contribution is -2.36. The monoisotopic (exact) mass is 197 g/mol. The fourth-order valence-electron chi connectivity index (χ4n) is 2.23. The molecule has 0 amide bonds. The van der Waals surface area contributed by atoms with E-state index in [9.17, 15) is 0 Å². The standard InChI is InChI=1S/C13H27N/c1-10(2)11(3)9-14-12(4)13-7-5-6-8-13/h10-14H,5-9H2,1-4H3. The highest BCUT2D eigenvalue weighted by molar-refractivity contribution is 4.78. The SMILES string of the molecule is CC(C)C(C)CNC(C)C1CCCC1. The summed E-state index contributed by atoms with van der Waals surface area (Å²) in [7, 11) is 0. The number of hydrogen-bond acceptors (Lipinski definition) is 1. The van der Waals surface area contributed by atoms with E-state index >= 15 is 0 Å². The van der Waals surface area contributed by atoms with Crippen LogP contribution >= 0.6 is 0 Å². The van der Waals surface area contributed by atoms with E-state index in [1.807, 2.05) is 0 Å². The number of hydrogen-bond donors (Lipinski definition) is 1. The van der Waals surface area contributed by atoms with Crippen molar-refractivity contribution in [2.45, 2.75) is 59.4 Å². The summed E-state index contributed by atoms with van der Waals surface area (Å²) in [6.45, 7) is 10.5. The number of rotatable bonds is 5. The highest BCUT2D eigenvalue weighted by Crippen LogP contribution is 2.27. The predicted octanol–water partition coefficient (Wildman–Crippen LogP) is 3.45. The van der Waals surface area contributed by atoms with Crippen molar-refractivity contribution >= 4 is 0 Å². The van der Waals surface area contributed by atoms with Gasteiger partial charge in [-0.1, -0.05) is 33.6 Å². The molecule has 0 spiro atoms. The molecule has 0 saturated heterocycles. The molecule has 84 valence electrons.